The van der Waals surface area contributed by atoms with Gasteiger partial charge in [0.2, 0.25) is 5.89 Å². The lowest BCUT2D eigenvalue weighted by Gasteiger charge is -2.31. The van der Waals surface area contributed by atoms with Gasteiger partial charge in [0.25, 0.3) is 0 Å². The number of aromatic nitrogens is 1. The lowest BCUT2D eigenvalue weighted by molar-refractivity contribution is -0.185. The highest BCUT2D eigenvalue weighted by Crippen LogP contribution is 2.23. The second-order valence-electron chi connectivity index (χ2n) is 6.29. The molecule has 0 saturated heterocycles. The van der Waals surface area contributed by atoms with Crippen molar-refractivity contribution in [2.45, 2.75) is 25.4 Å². The summed E-state index contributed by atoms with van der Waals surface area (Å²) in [5.41, 5.74) is 4.24. The summed E-state index contributed by atoms with van der Waals surface area (Å²) in [5.74, 6) is 0.613. The van der Waals surface area contributed by atoms with E-state index in [4.69, 9.17) is 9.25 Å². The quantitative estimate of drug-likeness (QED) is 0.704. The van der Waals surface area contributed by atoms with Crippen LogP contribution in [0.4, 0.5) is 0 Å². The molecule has 2 heterocycles. The summed E-state index contributed by atoms with van der Waals surface area (Å²) >= 11 is 0. The molecule has 4 rings (SSSR count). The number of hydrogen-bond acceptors (Lipinski definition) is 5. The number of hydrogen-bond donors (Lipinski definition) is 0. The van der Waals surface area contributed by atoms with E-state index in [9.17, 15) is 5.26 Å². The molecule has 0 aliphatic carbocycles. The van der Waals surface area contributed by atoms with Gasteiger partial charge in [0.05, 0.1) is 24.9 Å². The molecule has 1 aliphatic heterocycles. The van der Waals surface area contributed by atoms with Crippen LogP contribution in [0.15, 0.2) is 65.3 Å². The summed E-state index contributed by atoms with van der Waals surface area (Å²) in [6, 6.07) is 20.1. The van der Waals surface area contributed by atoms with Crippen LogP contribution in [0.1, 0.15) is 16.8 Å². The Kier molecular flexibility index (Phi) is 4.78. The molecule has 1 atom stereocenters. The smallest absolute Gasteiger partial charge is 0.226 e. The Morgan fingerprint density at radius 2 is 1.88 bits per heavy atom. The van der Waals surface area contributed by atoms with Crippen LogP contribution >= 0.6 is 0 Å². The number of nitrogens with zero attached hydrogens (tertiary/aromatic N) is 3. The third-order valence-corrected chi connectivity index (χ3v) is 4.54. The fraction of sp³-hybridized carbons (Fsp3) is 0.238. The molecule has 0 N–H and O–H groups in total. The molecule has 0 radical (unpaired) electrons. The molecule has 0 saturated carbocycles. The van der Waals surface area contributed by atoms with E-state index < -0.39 is 0 Å². The van der Waals surface area contributed by atoms with E-state index in [0.29, 0.717) is 31.9 Å². The van der Waals surface area contributed by atoms with Gasteiger partial charge in [-0.3, -0.25) is 4.84 Å². The zero-order valence-corrected chi connectivity index (χ0v) is 14.3. The highest BCUT2D eigenvalue weighted by Gasteiger charge is 2.26. The van der Waals surface area contributed by atoms with Crippen LogP contribution < -0.4 is 0 Å². The first kappa shape index (κ1) is 16.5. The Balaban J connectivity index is 1.36. The van der Waals surface area contributed by atoms with E-state index in [2.05, 4.69) is 23.2 Å². The molecule has 0 amide bonds. The van der Waals surface area contributed by atoms with Crippen molar-refractivity contribution in [2.75, 3.05) is 6.61 Å². The number of fused-ring (bicyclic) bond motifs is 1. The van der Waals surface area contributed by atoms with Crippen molar-refractivity contribution in [3.8, 4) is 17.5 Å². The summed E-state index contributed by atoms with van der Waals surface area (Å²) in [4.78, 5) is 10.4. The van der Waals surface area contributed by atoms with E-state index in [1.165, 1.54) is 11.1 Å². The van der Waals surface area contributed by atoms with Crippen molar-refractivity contribution >= 4 is 0 Å². The predicted molar refractivity (Wildman–Crippen MR) is 96.7 cm³/mol. The summed E-state index contributed by atoms with van der Waals surface area (Å²) in [6.07, 6.45) is 2.99. The molecule has 1 unspecified atom stereocenters. The van der Waals surface area contributed by atoms with Crippen LogP contribution in [-0.4, -0.2) is 22.7 Å². The standard InChI is InChI=1S/C21H19N3O2/c22-13-20-12-17-8-4-5-9-18(17)14-24(20)26-11-10-19-15-25-21(23-19)16-6-2-1-3-7-16/h1-9,15,20H,10-12,14H2. The van der Waals surface area contributed by atoms with E-state index in [0.717, 1.165) is 11.3 Å². The van der Waals surface area contributed by atoms with Gasteiger partial charge < -0.3 is 4.42 Å². The van der Waals surface area contributed by atoms with Crippen molar-refractivity contribution in [2.24, 2.45) is 0 Å². The third-order valence-electron chi connectivity index (χ3n) is 4.54. The fourth-order valence-corrected chi connectivity index (χ4v) is 3.15. The van der Waals surface area contributed by atoms with Gasteiger partial charge in [0.1, 0.15) is 12.3 Å². The van der Waals surface area contributed by atoms with Crippen molar-refractivity contribution in [3.63, 3.8) is 0 Å². The maximum Gasteiger partial charge on any atom is 0.226 e. The SMILES string of the molecule is N#CC1Cc2ccccc2CN1OCCc1coc(-c2ccccc2)n1. The largest absolute Gasteiger partial charge is 0.444 e. The first-order valence-electron chi connectivity index (χ1n) is 8.69. The van der Waals surface area contributed by atoms with Gasteiger partial charge in [0.15, 0.2) is 0 Å². The predicted octanol–water partition coefficient (Wildman–Crippen LogP) is 3.77. The minimum atomic E-state index is -0.262. The zero-order chi connectivity index (χ0) is 17.8. The molecule has 2 aromatic carbocycles. The van der Waals surface area contributed by atoms with Crippen LogP contribution in [0.3, 0.4) is 0 Å². The first-order valence-corrected chi connectivity index (χ1v) is 8.69. The maximum atomic E-state index is 9.43. The van der Waals surface area contributed by atoms with Gasteiger partial charge in [-0.15, -0.1) is 0 Å². The summed E-state index contributed by atoms with van der Waals surface area (Å²) < 4.78 is 5.55. The maximum absolute atomic E-state index is 9.43. The Bertz CT molecular complexity index is 914. The molecule has 0 spiro atoms. The van der Waals surface area contributed by atoms with Crippen LogP contribution in [0.5, 0.6) is 0 Å². The van der Waals surface area contributed by atoms with Gasteiger partial charge in [-0.1, -0.05) is 42.5 Å². The lowest BCUT2D eigenvalue weighted by Crippen LogP contribution is -2.39. The normalized spacial score (nSPS) is 16.8. The number of oxazole rings is 1. The first-order chi connectivity index (χ1) is 12.8. The summed E-state index contributed by atoms with van der Waals surface area (Å²) in [5, 5.41) is 11.2. The Hall–Kier alpha value is -2.94. The van der Waals surface area contributed by atoms with E-state index in [1.807, 2.05) is 42.5 Å². The van der Waals surface area contributed by atoms with Crippen LogP contribution in [-0.2, 0) is 24.2 Å². The van der Waals surface area contributed by atoms with Gasteiger partial charge in [0, 0.05) is 18.4 Å². The minimum Gasteiger partial charge on any atom is -0.444 e. The lowest BCUT2D eigenvalue weighted by atomic mass is 9.96. The Labute approximate surface area is 152 Å². The molecule has 1 aromatic heterocycles. The topological polar surface area (TPSA) is 62.3 Å². The number of benzene rings is 2. The van der Waals surface area contributed by atoms with Gasteiger partial charge in [-0.25, -0.2) is 4.98 Å². The Morgan fingerprint density at radius 1 is 1.12 bits per heavy atom. The van der Waals surface area contributed by atoms with Crippen LogP contribution in [0, 0.1) is 11.3 Å². The van der Waals surface area contributed by atoms with Crippen molar-refractivity contribution in [1.82, 2.24) is 10.0 Å². The average Bonchev–Trinajstić information content (AvgIpc) is 3.17. The van der Waals surface area contributed by atoms with Crippen molar-refractivity contribution in [1.29, 1.82) is 5.26 Å². The second kappa shape index (κ2) is 7.52. The van der Waals surface area contributed by atoms with Crippen LogP contribution in [0.25, 0.3) is 11.5 Å². The van der Waals surface area contributed by atoms with Crippen molar-refractivity contribution < 1.29 is 9.25 Å². The number of nitriles is 1. The monoisotopic (exact) mass is 345 g/mol. The molecule has 26 heavy (non-hydrogen) atoms. The fourth-order valence-electron chi connectivity index (χ4n) is 3.15. The minimum absolute atomic E-state index is 0.262. The molecule has 130 valence electrons. The number of hydroxylamine groups is 2. The highest BCUT2D eigenvalue weighted by molar-refractivity contribution is 5.52. The van der Waals surface area contributed by atoms with Gasteiger partial charge in [-0.2, -0.15) is 10.3 Å². The van der Waals surface area contributed by atoms with Crippen molar-refractivity contribution in [3.05, 3.63) is 77.7 Å². The Morgan fingerprint density at radius 3 is 2.69 bits per heavy atom. The van der Waals surface area contributed by atoms with E-state index in [1.54, 1.807) is 11.3 Å². The van der Waals surface area contributed by atoms with Gasteiger partial charge >= 0.3 is 0 Å². The summed E-state index contributed by atoms with van der Waals surface area (Å²) in [6.45, 7) is 1.09. The molecule has 5 heteroatoms. The average molecular weight is 345 g/mol. The third kappa shape index (κ3) is 3.52. The second-order valence-corrected chi connectivity index (χ2v) is 6.29. The summed E-state index contributed by atoms with van der Waals surface area (Å²) in [7, 11) is 0. The molecular weight excluding hydrogens is 326 g/mol. The molecular formula is C21H19N3O2. The molecule has 5 nitrogen and oxygen atoms in total. The number of rotatable bonds is 5. The van der Waals surface area contributed by atoms with Crippen LogP contribution in [0.2, 0.25) is 0 Å². The molecule has 3 aromatic rings. The van der Waals surface area contributed by atoms with E-state index in [-0.39, 0.29) is 6.04 Å². The molecule has 0 fully saturated rings. The zero-order valence-electron chi connectivity index (χ0n) is 14.3. The highest BCUT2D eigenvalue weighted by atomic mass is 16.7. The van der Waals surface area contributed by atoms with E-state index >= 15 is 0 Å². The van der Waals surface area contributed by atoms with Gasteiger partial charge in [-0.05, 0) is 23.3 Å². The molecule has 0 bridgehead atoms. The molecule has 1 aliphatic rings.